The molecule has 2 aromatic rings. The van der Waals surface area contributed by atoms with Crippen molar-refractivity contribution in [2.45, 2.75) is 26.3 Å². The van der Waals surface area contributed by atoms with E-state index < -0.39 is 0 Å². The fraction of sp³-hybridized carbons (Fsp3) is 0.368. The number of benzene rings is 2. The smallest absolute Gasteiger partial charge is 0.118 e. The van der Waals surface area contributed by atoms with Crippen molar-refractivity contribution in [2.24, 2.45) is 5.92 Å². The first-order valence-corrected chi connectivity index (χ1v) is 7.62. The molecule has 1 unspecified atom stereocenters. The fourth-order valence-electron chi connectivity index (χ4n) is 2.56. The lowest BCUT2D eigenvalue weighted by atomic mass is 9.96. The summed E-state index contributed by atoms with van der Waals surface area (Å²) in [6, 6.07) is 19.4. The highest BCUT2D eigenvalue weighted by Crippen LogP contribution is 2.21. The van der Waals surface area contributed by atoms with Gasteiger partial charge in [-0.1, -0.05) is 56.3 Å². The molecule has 0 aliphatic rings. The summed E-state index contributed by atoms with van der Waals surface area (Å²) in [5, 5.41) is 3.68. The summed E-state index contributed by atoms with van der Waals surface area (Å²) in [4.78, 5) is 0. The van der Waals surface area contributed by atoms with Crippen LogP contribution in [0, 0.1) is 5.92 Å². The molecule has 0 amide bonds. The highest BCUT2D eigenvalue weighted by atomic mass is 16.5. The van der Waals surface area contributed by atoms with Gasteiger partial charge in [0.1, 0.15) is 5.75 Å². The maximum Gasteiger partial charge on any atom is 0.118 e. The molecule has 0 saturated carbocycles. The molecule has 2 aromatic carbocycles. The summed E-state index contributed by atoms with van der Waals surface area (Å²) < 4.78 is 5.19. The van der Waals surface area contributed by atoms with Gasteiger partial charge < -0.3 is 10.1 Å². The van der Waals surface area contributed by atoms with Gasteiger partial charge in [0.05, 0.1) is 7.11 Å². The van der Waals surface area contributed by atoms with Gasteiger partial charge in [-0.15, -0.1) is 0 Å². The maximum absolute atomic E-state index is 5.19. The number of ether oxygens (including phenoxy) is 1. The Morgan fingerprint density at radius 1 is 0.952 bits per heavy atom. The number of hydrogen-bond acceptors (Lipinski definition) is 2. The van der Waals surface area contributed by atoms with Crippen LogP contribution in [0.3, 0.4) is 0 Å². The largest absolute Gasteiger partial charge is 0.497 e. The van der Waals surface area contributed by atoms with Crippen molar-refractivity contribution in [2.75, 3.05) is 13.7 Å². The van der Waals surface area contributed by atoms with E-state index in [9.17, 15) is 0 Å². The average Bonchev–Trinajstić information content (AvgIpc) is 2.52. The lowest BCUT2D eigenvalue weighted by Crippen LogP contribution is -2.27. The predicted molar refractivity (Wildman–Crippen MR) is 88.7 cm³/mol. The number of rotatable bonds is 7. The molecular formula is C19H25NO. The minimum Gasteiger partial charge on any atom is -0.497 e. The molecule has 2 heteroatoms. The Morgan fingerprint density at radius 3 is 2.19 bits per heavy atom. The van der Waals surface area contributed by atoms with Crippen LogP contribution >= 0.6 is 0 Å². The topological polar surface area (TPSA) is 21.3 Å². The lowest BCUT2D eigenvalue weighted by molar-refractivity contribution is 0.412. The second kappa shape index (κ2) is 7.84. The zero-order chi connectivity index (χ0) is 15.1. The highest BCUT2D eigenvalue weighted by molar-refractivity contribution is 5.27. The van der Waals surface area contributed by atoms with Crippen LogP contribution in [-0.4, -0.2) is 13.7 Å². The second-order valence-corrected chi connectivity index (χ2v) is 5.68. The summed E-state index contributed by atoms with van der Waals surface area (Å²) in [5.74, 6) is 1.49. The third-order valence-corrected chi connectivity index (χ3v) is 3.76. The SMILES string of the molecule is COc1ccc(CCNC(c2ccccc2)C(C)C)cc1. The molecule has 0 spiro atoms. The Bertz CT molecular complexity index is 519. The van der Waals surface area contributed by atoms with E-state index >= 15 is 0 Å². The molecule has 0 aliphatic carbocycles. The van der Waals surface area contributed by atoms with Crippen LogP contribution in [0.25, 0.3) is 0 Å². The van der Waals surface area contributed by atoms with E-state index in [1.807, 2.05) is 12.1 Å². The third-order valence-electron chi connectivity index (χ3n) is 3.76. The molecule has 0 aliphatic heterocycles. The van der Waals surface area contributed by atoms with Crippen LogP contribution in [0.1, 0.15) is 31.0 Å². The van der Waals surface area contributed by atoms with Gasteiger partial charge in [-0.2, -0.15) is 0 Å². The standard InChI is InChI=1S/C19H25NO/c1-15(2)19(17-7-5-4-6-8-17)20-14-13-16-9-11-18(21-3)12-10-16/h4-12,15,19-20H,13-14H2,1-3H3. The Morgan fingerprint density at radius 2 is 1.62 bits per heavy atom. The van der Waals surface area contributed by atoms with Crippen LogP contribution in [0.2, 0.25) is 0 Å². The van der Waals surface area contributed by atoms with Gasteiger partial charge in [-0.3, -0.25) is 0 Å². The zero-order valence-corrected chi connectivity index (χ0v) is 13.2. The number of nitrogens with one attached hydrogen (secondary N) is 1. The first kappa shape index (κ1) is 15.6. The van der Waals surface area contributed by atoms with E-state index in [-0.39, 0.29) is 0 Å². The van der Waals surface area contributed by atoms with E-state index in [0.29, 0.717) is 12.0 Å². The Balaban J connectivity index is 1.90. The van der Waals surface area contributed by atoms with Gasteiger partial charge in [-0.25, -0.2) is 0 Å². The minimum absolute atomic E-state index is 0.407. The van der Waals surface area contributed by atoms with E-state index in [4.69, 9.17) is 4.74 Å². The van der Waals surface area contributed by atoms with Crippen molar-refractivity contribution in [1.82, 2.24) is 5.32 Å². The van der Waals surface area contributed by atoms with Crippen molar-refractivity contribution in [3.05, 3.63) is 65.7 Å². The highest BCUT2D eigenvalue weighted by Gasteiger charge is 2.14. The Labute approximate surface area is 128 Å². The monoisotopic (exact) mass is 283 g/mol. The molecule has 1 atom stereocenters. The Hall–Kier alpha value is -1.80. The average molecular weight is 283 g/mol. The summed E-state index contributed by atoms with van der Waals surface area (Å²) in [7, 11) is 1.70. The van der Waals surface area contributed by atoms with Crippen LogP contribution in [0.5, 0.6) is 5.75 Å². The molecule has 0 fully saturated rings. The molecule has 2 rings (SSSR count). The molecule has 2 nitrogen and oxygen atoms in total. The molecule has 21 heavy (non-hydrogen) atoms. The zero-order valence-electron chi connectivity index (χ0n) is 13.2. The maximum atomic E-state index is 5.19. The first-order valence-electron chi connectivity index (χ1n) is 7.62. The molecule has 0 saturated heterocycles. The summed E-state index contributed by atoms with van der Waals surface area (Å²) >= 11 is 0. The van der Waals surface area contributed by atoms with Gasteiger partial charge in [-0.05, 0) is 42.1 Å². The molecule has 0 radical (unpaired) electrons. The Kier molecular flexibility index (Phi) is 5.82. The van der Waals surface area contributed by atoms with E-state index in [1.54, 1.807) is 7.11 Å². The lowest BCUT2D eigenvalue weighted by Gasteiger charge is -2.23. The van der Waals surface area contributed by atoms with Crippen molar-refractivity contribution in [3.63, 3.8) is 0 Å². The van der Waals surface area contributed by atoms with Gasteiger partial charge >= 0.3 is 0 Å². The van der Waals surface area contributed by atoms with Crippen LogP contribution < -0.4 is 10.1 Å². The summed E-state index contributed by atoms with van der Waals surface area (Å²) in [6.45, 7) is 5.50. The molecule has 112 valence electrons. The summed E-state index contributed by atoms with van der Waals surface area (Å²) in [5.41, 5.74) is 2.70. The quantitative estimate of drug-likeness (QED) is 0.821. The van der Waals surface area contributed by atoms with Crippen LogP contribution in [0.15, 0.2) is 54.6 Å². The van der Waals surface area contributed by atoms with Gasteiger partial charge in [0.15, 0.2) is 0 Å². The van der Waals surface area contributed by atoms with Crippen LogP contribution in [-0.2, 0) is 6.42 Å². The molecule has 0 aromatic heterocycles. The van der Waals surface area contributed by atoms with E-state index in [0.717, 1.165) is 18.7 Å². The molecule has 1 N–H and O–H groups in total. The first-order chi connectivity index (χ1) is 10.2. The summed E-state index contributed by atoms with van der Waals surface area (Å²) in [6.07, 6.45) is 1.03. The third kappa shape index (κ3) is 4.61. The van der Waals surface area contributed by atoms with Crippen molar-refractivity contribution < 1.29 is 4.74 Å². The predicted octanol–water partition coefficient (Wildman–Crippen LogP) is 4.22. The minimum atomic E-state index is 0.407. The number of hydrogen-bond donors (Lipinski definition) is 1. The second-order valence-electron chi connectivity index (χ2n) is 5.68. The molecular weight excluding hydrogens is 258 g/mol. The fourth-order valence-corrected chi connectivity index (χ4v) is 2.56. The van der Waals surface area contributed by atoms with E-state index in [1.165, 1.54) is 11.1 Å². The van der Waals surface area contributed by atoms with Crippen molar-refractivity contribution in [1.29, 1.82) is 0 Å². The van der Waals surface area contributed by atoms with Gasteiger partial charge in [0.25, 0.3) is 0 Å². The normalized spacial score (nSPS) is 12.4. The van der Waals surface area contributed by atoms with Crippen molar-refractivity contribution >= 4 is 0 Å². The van der Waals surface area contributed by atoms with Crippen LogP contribution in [0.4, 0.5) is 0 Å². The van der Waals surface area contributed by atoms with E-state index in [2.05, 4.69) is 61.6 Å². The number of methoxy groups -OCH3 is 1. The van der Waals surface area contributed by atoms with Crippen molar-refractivity contribution in [3.8, 4) is 5.75 Å². The molecule has 0 bridgehead atoms. The van der Waals surface area contributed by atoms with Gasteiger partial charge in [0.2, 0.25) is 0 Å². The molecule has 0 heterocycles. The van der Waals surface area contributed by atoms with Gasteiger partial charge in [0, 0.05) is 6.04 Å².